The molecule has 2 nitrogen and oxygen atoms in total. The van der Waals surface area contributed by atoms with Gasteiger partial charge in [-0.05, 0) is 35.4 Å². The lowest BCUT2D eigenvalue weighted by Crippen LogP contribution is -2.21. The second kappa shape index (κ2) is 6.92. The maximum absolute atomic E-state index is 13.0. The SMILES string of the molecule is OC(CNCc1ccc(F)c(F)c1)c1cccc(Br)c1. The fourth-order valence-corrected chi connectivity index (χ4v) is 2.25. The molecule has 0 spiro atoms. The predicted molar refractivity (Wildman–Crippen MR) is 77.2 cm³/mol. The predicted octanol–water partition coefficient (Wildman–Crippen LogP) is 3.55. The van der Waals surface area contributed by atoms with Crippen LogP contribution in [0, 0.1) is 11.6 Å². The van der Waals surface area contributed by atoms with E-state index in [0.29, 0.717) is 18.7 Å². The van der Waals surface area contributed by atoms with Crippen molar-refractivity contribution in [3.8, 4) is 0 Å². The Hall–Kier alpha value is -1.30. The van der Waals surface area contributed by atoms with Gasteiger partial charge in [0.1, 0.15) is 0 Å². The molecule has 0 bridgehead atoms. The van der Waals surface area contributed by atoms with Crippen molar-refractivity contribution >= 4 is 15.9 Å². The first kappa shape index (κ1) is 15.1. The van der Waals surface area contributed by atoms with Crippen LogP contribution in [0.5, 0.6) is 0 Å². The first-order valence-electron chi connectivity index (χ1n) is 6.14. The van der Waals surface area contributed by atoms with Crippen molar-refractivity contribution in [1.82, 2.24) is 5.32 Å². The van der Waals surface area contributed by atoms with Gasteiger partial charge >= 0.3 is 0 Å². The zero-order valence-electron chi connectivity index (χ0n) is 10.6. The monoisotopic (exact) mass is 341 g/mol. The summed E-state index contributed by atoms with van der Waals surface area (Å²) in [5.74, 6) is -1.72. The number of aliphatic hydroxyl groups is 1. The van der Waals surface area contributed by atoms with Crippen molar-refractivity contribution < 1.29 is 13.9 Å². The van der Waals surface area contributed by atoms with Crippen LogP contribution in [-0.4, -0.2) is 11.7 Å². The summed E-state index contributed by atoms with van der Waals surface area (Å²) < 4.78 is 26.7. The number of benzene rings is 2. The van der Waals surface area contributed by atoms with Gasteiger partial charge in [-0.3, -0.25) is 0 Å². The van der Waals surface area contributed by atoms with Crippen LogP contribution in [0.15, 0.2) is 46.9 Å². The standard InChI is InChI=1S/C15H14BrF2NO/c16-12-3-1-2-11(7-12)15(20)9-19-8-10-4-5-13(17)14(18)6-10/h1-7,15,19-20H,8-9H2. The Bertz CT molecular complexity index is 592. The molecule has 0 aliphatic heterocycles. The third kappa shape index (κ3) is 4.10. The Labute approximate surface area is 124 Å². The molecule has 106 valence electrons. The third-order valence-corrected chi connectivity index (χ3v) is 3.38. The van der Waals surface area contributed by atoms with Crippen LogP contribution in [0.2, 0.25) is 0 Å². The number of hydrogen-bond acceptors (Lipinski definition) is 2. The number of nitrogens with one attached hydrogen (secondary N) is 1. The minimum absolute atomic E-state index is 0.329. The molecule has 0 amide bonds. The molecule has 2 aromatic carbocycles. The summed E-state index contributed by atoms with van der Waals surface area (Å²) >= 11 is 3.34. The Balaban J connectivity index is 1.87. The Morgan fingerprint density at radius 3 is 2.60 bits per heavy atom. The van der Waals surface area contributed by atoms with E-state index in [4.69, 9.17) is 0 Å². The number of halogens is 3. The second-order valence-electron chi connectivity index (χ2n) is 4.45. The van der Waals surface area contributed by atoms with Crippen molar-refractivity contribution in [1.29, 1.82) is 0 Å². The maximum Gasteiger partial charge on any atom is 0.159 e. The van der Waals surface area contributed by atoms with Crippen LogP contribution < -0.4 is 5.32 Å². The van der Waals surface area contributed by atoms with Crippen LogP contribution in [0.25, 0.3) is 0 Å². The molecule has 0 heterocycles. The highest BCUT2D eigenvalue weighted by atomic mass is 79.9. The van der Waals surface area contributed by atoms with Crippen LogP contribution in [0.4, 0.5) is 8.78 Å². The van der Waals surface area contributed by atoms with Gasteiger partial charge in [0.2, 0.25) is 0 Å². The lowest BCUT2D eigenvalue weighted by Gasteiger charge is -2.12. The molecule has 0 aromatic heterocycles. The minimum atomic E-state index is -0.864. The molecule has 2 rings (SSSR count). The summed E-state index contributed by atoms with van der Waals surface area (Å²) in [4.78, 5) is 0. The largest absolute Gasteiger partial charge is 0.387 e. The van der Waals surface area contributed by atoms with Gasteiger partial charge in [0, 0.05) is 17.6 Å². The normalized spacial score (nSPS) is 12.4. The van der Waals surface area contributed by atoms with Crippen LogP contribution in [0.1, 0.15) is 17.2 Å². The van der Waals surface area contributed by atoms with Gasteiger partial charge in [-0.25, -0.2) is 8.78 Å². The van der Waals surface area contributed by atoms with E-state index in [1.807, 2.05) is 24.3 Å². The highest BCUT2D eigenvalue weighted by molar-refractivity contribution is 9.10. The number of rotatable bonds is 5. The molecule has 0 saturated heterocycles. The fourth-order valence-electron chi connectivity index (χ4n) is 1.83. The minimum Gasteiger partial charge on any atom is -0.387 e. The average Bonchev–Trinajstić information content (AvgIpc) is 2.42. The molecule has 1 atom stereocenters. The van der Waals surface area contributed by atoms with E-state index in [2.05, 4.69) is 21.2 Å². The lowest BCUT2D eigenvalue weighted by molar-refractivity contribution is 0.174. The topological polar surface area (TPSA) is 32.3 Å². The summed E-state index contributed by atoms with van der Waals surface area (Å²) in [5.41, 5.74) is 1.42. The molecule has 2 N–H and O–H groups in total. The first-order valence-corrected chi connectivity index (χ1v) is 6.94. The van der Waals surface area contributed by atoms with Crippen molar-refractivity contribution in [2.75, 3.05) is 6.54 Å². The summed E-state index contributed by atoms with van der Waals surface area (Å²) in [6.07, 6.45) is -0.655. The molecule has 20 heavy (non-hydrogen) atoms. The molecular weight excluding hydrogens is 328 g/mol. The van der Waals surface area contributed by atoms with Crippen molar-refractivity contribution in [2.45, 2.75) is 12.6 Å². The van der Waals surface area contributed by atoms with Gasteiger partial charge in [0.05, 0.1) is 6.10 Å². The molecule has 0 fully saturated rings. The van der Waals surface area contributed by atoms with Crippen LogP contribution in [0.3, 0.4) is 0 Å². The van der Waals surface area contributed by atoms with Gasteiger partial charge in [0.25, 0.3) is 0 Å². The van der Waals surface area contributed by atoms with E-state index in [9.17, 15) is 13.9 Å². The quantitative estimate of drug-likeness (QED) is 0.871. The number of hydrogen-bond donors (Lipinski definition) is 2. The number of aliphatic hydroxyl groups excluding tert-OH is 1. The Kier molecular flexibility index (Phi) is 5.23. The van der Waals surface area contributed by atoms with Gasteiger partial charge in [0.15, 0.2) is 11.6 Å². The molecule has 1 unspecified atom stereocenters. The van der Waals surface area contributed by atoms with E-state index in [-0.39, 0.29) is 0 Å². The summed E-state index contributed by atoms with van der Waals surface area (Å²) in [6, 6.07) is 11.1. The summed E-state index contributed by atoms with van der Waals surface area (Å²) in [6.45, 7) is 0.692. The molecule has 5 heteroatoms. The highest BCUT2D eigenvalue weighted by Crippen LogP contribution is 2.17. The Morgan fingerprint density at radius 1 is 1.10 bits per heavy atom. The summed E-state index contributed by atoms with van der Waals surface area (Å²) in [5, 5.41) is 13.0. The van der Waals surface area contributed by atoms with Crippen LogP contribution >= 0.6 is 15.9 Å². The zero-order valence-corrected chi connectivity index (χ0v) is 12.2. The van der Waals surface area contributed by atoms with E-state index < -0.39 is 17.7 Å². The highest BCUT2D eigenvalue weighted by Gasteiger charge is 2.08. The molecular formula is C15H14BrF2NO. The second-order valence-corrected chi connectivity index (χ2v) is 5.37. The van der Waals surface area contributed by atoms with Crippen LogP contribution in [-0.2, 0) is 6.54 Å². The fraction of sp³-hybridized carbons (Fsp3) is 0.200. The van der Waals surface area contributed by atoms with Crippen molar-refractivity contribution in [3.63, 3.8) is 0 Å². The van der Waals surface area contributed by atoms with Gasteiger partial charge in [-0.2, -0.15) is 0 Å². The molecule has 0 aliphatic carbocycles. The molecule has 2 aromatic rings. The average molecular weight is 342 g/mol. The van der Waals surface area contributed by atoms with Crippen molar-refractivity contribution in [2.24, 2.45) is 0 Å². The lowest BCUT2D eigenvalue weighted by atomic mass is 10.1. The smallest absolute Gasteiger partial charge is 0.159 e. The first-order chi connectivity index (χ1) is 9.56. The Morgan fingerprint density at radius 2 is 1.90 bits per heavy atom. The van der Waals surface area contributed by atoms with E-state index in [1.165, 1.54) is 6.07 Å². The zero-order chi connectivity index (χ0) is 14.5. The molecule has 0 aliphatic rings. The third-order valence-electron chi connectivity index (χ3n) is 2.88. The maximum atomic E-state index is 13.0. The van der Waals surface area contributed by atoms with Gasteiger partial charge < -0.3 is 10.4 Å². The van der Waals surface area contributed by atoms with Crippen molar-refractivity contribution in [3.05, 3.63) is 69.7 Å². The van der Waals surface area contributed by atoms with Gasteiger partial charge in [-0.15, -0.1) is 0 Å². The summed E-state index contributed by atoms with van der Waals surface area (Å²) in [7, 11) is 0. The van der Waals surface area contributed by atoms with E-state index in [1.54, 1.807) is 0 Å². The van der Waals surface area contributed by atoms with E-state index >= 15 is 0 Å². The van der Waals surface area contributed by atoms with E-state index in [0.717, 1.165) is 22.2 Å². The molecule has 0 saturated carbocycles. The van der Waals surface area contributed by atoms with Gasteiger partial charge in [-0.1, -0.05) is 34.1 Å². The molecule has 0 radical (unpaired) electrons.